The van der Waals surface area contributed by atoms with Crippen molar-refractivity contribution < 1.29 is 9.84 Å². The molecule has 0 atom stereocenters. The van der Waals surface area contributed by atoms with Gasteiger partial charge in [-0.25, -0.2) is 4.98 Å². The third-order valence-electron chi connectivity index (χ3n) is 5.54. The van der Waals surface area contributed by atoms with Gasteiger partial charge in [0.15, 0.2) is 0 Å². The Balaban J connectivity index is 1.40. The van der Waals surface area contributed by atoms with Crippen molar-refractivity contribution in [3.8, 4) is 28.1 Å². The summed E-state index contributed by atoms with van der Waals surface area (Å²) in [5, 5.41) is 16.1. The number of hydrogen-bond acceptors (Lipinski definition) is 5. The van der Waals surface area contributed by atoms with Crippen molar-refractivity contribution in [3.05, 3.63) is 97.1 Å². The van der Waals surface area contributed by atoms with Gasteiger partial charge in [-0.3, -0.25) is 9.67 Å². The molecule has 2 aromatic carbocycles. The van der Waals surface area contributed by atoms with Gasteiger partial charge in [0.05, 0.1) is 35.2 Å². The summed E-state index contributed by atoms with van der Waals surface area (Å²) >= 11 is 0. The lowest BCUT2D eigenvalue weighted by atomic mass is 10.0. The molecule has 6 nitrogen and oxygen atoms in total. The molecule has 0 spiro atoms. The monoisotopic (exact) mass is 450 g/mol. The molecule has 0 amide bonds. The highest BCUT2D eigenvalue weighted by Crippen LogP contribution is 2.33. The zero-order valence-corrected chi connectivity index (χ0v) is 19.2. The van der Waals surface area contributed by atoms with E-state index in [1.54, 1.807) is 26.2 Å². The number of pyridine rings is 2. The van der Waals surface area contributed by atoms with Gasteiger partial charge in [-0.15, -0.1) is 0 Å². The zero-order chi connectivity index (χ0) is 23.5. The Morgan fingerprint density at radius 3 is 2.41 bits per heavy atom. The van der Waals surface area contributed by atoms with Crippen LogP contribution >= 0.6 is 0 Å². The minimum atomic E-state index is -0.897. The predicted molar refractivity (Wildman–Crippen MR) is 133 cm³/mol. The number of hydrogen-bond donors (Lipinski definition) is 1. The summed E-state index contributed by atoms with van der Waals surface area (Å²) in [7, 11) is 0. The lowest BCUT2D eigenvalue weighted by Crippen LogP contribution is -2.27. The average Bonchev–Trinajstić information content (AvgIpc) is 3.25. The van der Waals surface area contributed by atoms with Crippen molar-refractivity contribution >= 4 is 10.9 Å². The van der Waals surface area contributed by atoms with Crippen LogP contribution in [0.3, 0.4) is 0 Å². The number of para-hydroxylation sites is 1. The molecule has 3 heterocycles. The van der Waals surface area contributed by atoms with Gasteiger partial charge in [-0.05, 0) is 67.9 Å². The molecule has 5 rings (SSSR count). The largest absolute Gasteiger partial charge is 0.487 e. The summed E-state index contributed by atoms with van der Waals surface area (Å²) < 4.78 is 7.86. The fraction of sp³-hybridized carbons (Fsp3) is 0.179. The minimum Gasteiger partial charge on any atom is -0.487 e. The van der Waals surface area contributed by atoms with Crippen molar-refractivity contribution in [1.29, 1.82) is 0 Å². The Bertz CT molecular complexity index is 1400. The van der Waals surface area contributed by atoms with Crippen LogP contribution in [0.1, 0.15) is 19.5 Å². The summed E-state index contributed by atoms with van der Waals surface area (Å²) in [6.07, 6.45) is 5.38. The first-order valence-electron chi connectivity index (χ1n) is 11.2. The molecule has 0 aliphatic carbocycles. The topological polar surface area (TPSA) is 73.1 Å². The Kier molecular flexibility index (Phi) is 5.82. The summed E-state index contributed by atoms with van der Waals surface area (Å²) in [5.74, 6) is 0.762. The molecule has 1 N–H and O–H groups in total. The maximum Gasteiger partial charge on any atom is 0.130 e. The molecule has 3 aromatic heterocycles. The molecular weight excluding hydrogens is 424 g/mol. The third kappa shape index (κ3) is 4.82. The molecule has 0 radical (unpaired) electrons. The van der Waals surface area contributed by atoms with Crippen molar-refractivity contribution in [2.24, 2.45) is 0 Å². The number of fused-ring (bicyclic) bond motifs is 1. The van der Waals surface area contributed by atoms with Gasteiger partial charge >= 0.3 is 0 Å². The number of nitrogens with zero attached hydrogens (tertiary/aromatic N) is 4. The Hall–Kier alpha value is -4.03. The van der Waals surface area contributed by atoms with E-state index in [9.17, 15) is 5.11 Å². The molecule has 0 fully saturated rings. The van der Waals surface area contributed by atoms with Crippen LogP contribution in [0.2, 0.25) is 0 Å². The van der Waals surface area contributed by atoms with Gasteiger partial charge in [0, 0.05) is 28.9 Å². The van der Waals surface area contributed by atoms with Crippen LogP contribution in [0.4, 0.5) is 0 Å². The van der Waals surface area contributed by atoms with E-state index in [1.165, 1.54) is 0 Å². The van der Waals surface area contributed by atoms with Crippen LogP contribution in [-0.4, -0.2) is 30.5 Å². The first kappa shape index (κ1) is 21.8. The fourth-order valence-corrected chi connectivity index (χ4v) is 3.97. The van der Waals surface area contributed by atoms with Crippen LogP contribution in [0.15, 0.2) is 91.4 Å². The summed E-state index contributed by atoms with van der Waals surface area (Å²) in [5.41, 5.74) is 4.89. The van der Waals surface area contributed by atoms with E-state index in [-0.39, 0.29) is 0 Å². The second-order valence-corrected chi connectivity index (χ2v) is 8.92. The number of aliphatic hydroxyl groups is 1. The van der Waals surface area contributed by atoms with E-state index in [0.29, 0.717) is 13.2 Å². The van der Waals surface area contributed by atoms with Crippen molar-refractivity contribution in [2.45, 2.75) is 32.6 Å². The SMILES string of the molecule is CC(C)(O)Cn1ncc(-c2ccncc2)c1-c1ccc(OCc2ccc3ccccc3n2)cc1. The summed E-state index contributed by atoms with van der Waals surface area (Å²) in [6, 6.07) is 24.0. The van der Waals surface area contributed by atoms with E-state index in [2.05, 4.69) is 27.2 Å². The minimum absolute atomic E-state index is 0.374. The Morgan fingerprint density at radius 2 is 1.65 bits per heavy atom. The van der Waals surface area contributed by atoms with Crippen LogP contribution in [-0.2, 0) is 13.2 Å². The van der Waals surface area contributed by atoms with E-state index >= 15 is 0 Å². The van der Waals surface area contributed by atoms with E-state index in [4.69, 9.17) is 4.74 Å². The van der Waals surface area contributed by atoms with E-state index in [0.717, 1.165) is 44.7 Å². The van der Waals surface area contributed by atoms with Crippen LogP contribution in [0.25, 0.3) is 33.3 Å². The lowest BCUT2D eigenvalue weighted by molar-refractivity contribution is 0.0583. The van der Waals surface area contributed by atoms with Crippen LogP contribution < -0.4 is 4.74 Å². The molecule has 0 bridgehead atoms. The second kappa shape index (κ2) is 9.08. The molecule has 0 unspecified atom stereocenters. The predicted octanol–water partition coefficient (Wildman–Crippen LogP) is 5.51. The van der Waals surface area contributed by atoms with Crippen LogP contribution in [0.5, 0.6) is 5.75 Å². The number of aromatic nitrogens is 4. The first-order chi connectivity index (χ1) is 16.5. The quantitative estimate of drug-likeness (QED) is 0.354. The molecule has 0 saturated heterocycles. The normalized spacial score (nSPS) is 11.6. The maximum atomic E-state index is 10.4. The molecule has 5 aromatic rings. The van der Waals surface area contributed by atoms with Gasteiger partial charge in [-0.1, -0.05) is 24.3 Å². The molecule has 0 aliphatic rings. The van der Waals surface area contributed by atoms with Crippen molar-refractivity contribution in [1.82, 2.24) is 19.7 Å². The highest BCUT2D eigenvalue weighted by Gasteiger charge is 2.20. The van der Waals surface area contributed by atoms with Gasteiger partial charge in [-0.2, -0.15) is 5.10 Å². The highest BCUT2D eigenvalue weighted by atomic mass is 16.5. The molecule has 34 heavy (non-hydrogen) atoms. The van der Waals surface area contributed by atoms with Gasteiger partial charge in [0.1, 0.15) is 12.4 Å². The summed E-state index contributed by atoms with van der Waals surface area (Å²) in [4.78, 5) is 8.80. The van der Waals surface area contributed by atoms with E-state index < -0.39 is 5.60 Å². The van der Waals surface area contributed by atoms with Crippen molar-refractivity contribution in [3.63, 3.8) is 0 Å². The first-order valence-corrected chi connectivity index (χ1v) is 11.2. The second-order valence-electron chi connectivity index (χ2n) is 8.92. The van der Waals surface area contributed by atoms with Gasteiger partial charge < -0.3 is 9.84 Å². The van der Waals surface area contributed by atoms with Gasteiger partial charge in [0.2, 0.25) is 0 Å². The molecular formula is C28H26N4O2. The Morgan fingerprint density at radius 1 is 0.882 bits per heavy atom. The lowest BCUT2D eigenvalue weighted by Gasteiger charge is -2.19. The third-order valence-corrected chi connectivity index (χ3v) is 5.54. The maximum absolute atomic E-state index is 10.4. The van der Waals surface area contributed by atoms with Gasteiger partial charge in [0.25, 0.3) is 0 Å². The molecule has 6 heteroatoms. The number of rotatable bonds is 7. The average molecular weight is 451 g/mol. The van der Waals surface area contributed by atoms with E-state index in [1.807, 2.05) is 71.5 Å². The molecule has 0 aliphatic heterocycles. The smallest absolute Gasteiger partial charge is 0.130 e. The Labute approximate surface area is 198 Å². The number of benzene rings is 2. The van der Waals surface area contributed by atoms with Crippen molar-refractivity contribution in [2.75, 3.05) is 0 Å². The highest BCUT2D eigenvalue weighted by molar-refractivity contribution is 5.81. The zero-order valence-electron chi connectivity index (χ0n) is 19.2. The molecule has 170 valence electrons. The standard InChI is InChI=1S/C28H26N4O2/c1-28(2,33)19-32-27(25(17-30-32)20-13-15-29-16-14-20)22-8-11-24(12-9-22)34-18-23-10-7-21-5-3-4-6-26(21)31-23/h3-17,33H,18-19H2,1-2H3. The molecule has 0 saturated carbocycles. The fourth-order valence-electron chi connectivity index (χ4n) is 3.97. The van der Waals surface area contributed by atoms with Crippen LogP contribution in [0, 0.1) is 0 Å². The number of ether oxygens (including phenoxy) is 1. The summed E-state index contributed by atoms with van der Waals surface area (Å²) in [6.45, 7) is 4.33.